The fourth-order valence-corrected chi connectivity index (χ4v) is 9.50. The minimum Gasteiger partial charge on any atom is -0.326 e. The number of aromatic nitrogens is 2. The number of hydrogen-bond donors (Lipinski definition) is 1. The number of nitrogens with one attached hydrogen (secondary N) is 1. The topological polar surface area (TPSA) is 42.2 Å². The van der Waals surface area contributed by atoms with E-state index in [1.807, 2.05) is 11.3 Å². The summed E-state index contributed by atoms with van der Waals surface area (Å²) in [5, 5.41) is 12.4. The average molecular weight is 683 g/mol. The first-order chi connectivity index (χ1) is 25.8. The van der Waals surface area contributed by atoms with Crippen molar-refractivity contribution < 1.29 is 0 Å². The molecule has 11 rings (SSSR count). The summed E-state index contributed by atoms with van der Waals surface area (Å²) in [5.41, 5.74) is 7.73. The molecule has 1 atom stereocenters. The molecule has 1 aliphatic heterocycles. The van der Waals surface area contributed by atoms with Crippen molar-refractivity contribution in [1.29, 1.82) is 0 Å². The van der Waals surface area contributed by atoms with E-state index < -0.39 is 0 Å². The third-order valence-corrected chi connectivity index (χ3v) is 11.7. The van der Waals surface area contributed by atoms with E-state index in [2.05, 4.69) is 180 Å². The number of rotatable bonds is 4. The minimum absolute atomic E-state index is 0.215. The monoisotopic (exact) mass is 682 g/mol. The highest BCUT2D eigenvalue weighted by Gasteiger charge is 2.25. The van der Waals surface area contributed by atoms with Gasteiger partial charge in [0.2, 0.25) is 0 Å². The van der Waals surface area contributed by atoms with Crippen molar-refractivity contribution in [3.05, 3.63) is 181 Å². The Bertz CT molecular complexity index is 3040. The van der Waals surface area contributed by atoms with Gasteiger partial charge in [-0.3, -0.25) is 9.56 Å². The number of fused-ring (bicyclic) bond motifs is 10. The number of amidine groups is 1. The van der Waals surface area contributed by atoms with E-state index in [0.717, 1.165) is 45.0 Å². The van der Waals surface area contributed by atoms with E-state index >= 15 is 0 Å². The van der Waals surface area contributed by atoms with E-state index in [9.17, 15) is 0 Å². The van der Waals surface area contributed by atoms with Crippen molar-refractivity contribution in [3.63, 3.8) is 0 Å². The molecule has 0 saturated heterocycles. The summed E-state index contributed by atoms with van der Waals surface area (Å²) in [5.74, 6) is 1.86. The van der Waals surface area contributed by atoms with E-state index in [1.54, 1.807) is 0 Å². The van der Waals surface area contributed by atoms with Crippen LogP contribution in [0.25, 0.3) is 80.7 Å². The summed E-state index contributed by atoms with van der Waals surface area (Å²) < 4.78 is 4.90. The van der Waals surface area contributed by atoms with Gasteiger partial charge in [-0.05, 0) is 29.8 Å². The van der Waals surface area contributed by atoms with Crippen molar-refractivity contribution in [1.82, 2.24) is 14.9 Å². The smallest absolute Gasteiger partial charge is 0.134 e. The third-order valence-electron chi connectivity index (χ3n) is 10.4. The van der Waals surface area contributed by atoms with Crippen LogP contribution in [-0.4, -0.2) is 15.4 Å². The van der Waals surface area contributed by atoms with Crippen LogP contribution in [0.5, 0.6) is 0 Å². The molecule has 1 N–H and O–H groups in total. The van der Waals surface area contributed by atoms with Crippen LogP contribution in [0.15, 0.2) is 175 Å². The number of benzene rings is 7. The van der Waals surface area contributed by atoms with E-state index in [0.29, 0.717) is 0 Å². The fourth-order valence-electron chi connectivity index (χ4n) is 8.10. The molecule has 0 fully saturated rings. The summed E-state index contributed by atoms with van der Waals surface area (Å²) in [4.78, 5) is 10.6. The lowest BCUT2D eigenvalue weighted by atomic mass is 9.97. The van der Waals surface area contributed by atoms with Gasteiger partial charge >= 0.3 is 0 Å². The first-order valence-electron chi connectivity index (χ1n) is 17.6. The molecule has 0 bridgehead atoms. The van der Waals surface area contributed by atoms with Gasteiger partial charge in [0.25, 0.3) is 0 Å². The highest BCUT2D eigenvalue weighted by Crippen LogP contribution is 2.46. The summed E-state index contributed by atoms with van der Waals surface area (Å²) in [7, 11) is 0. The molecule has 4 heterocycles. The Morgan fingerprint density at radius 3 is 1.85 bits per heavy atom. The second-order valence-electron chi connectivity index (χ2n) is 13.4. The van der Waals surface area contributed by atoms with Crippen LogP contribution in [0.2, 0.25) is 0 Å². The predicted molar refractivity (Wildman–Crippen MR) is 220 cm³/mol. The second kappa shape index (κ2) is 11.5. The van der Waals surface area contributed by atoms with Gasteiger partial charge in [0.1, 0.15) is 17.7 Å². The van der Waals surface area contributed by atoms with Gasteiger partial charge in [0.15, 0.2) is 0 Å². The molecule has 5 heteroatoms. The molecule has 7 aromatic carbocycles. The lowest BCUT2D eigenvalue weighted by molar-refractivity contribution is 0.869. The lowest BCUT2D eigenvalue weighted by Crippen LogP contribution is -2.30. The molecule has 1 aliphatic rings. The van der Waals surface area contributed by atoms with E-state index in [-0.39, 0.29) is 6.04 Å². The Morgan fingerprint density at radius 2 is 1.10 bits per heavy atom. The lowest BCUT2D eigenvalue weighted by Gasteiger charge is -2.25. The third kappa shape index (κ3) is 4.39. The Morgan fingerprint density at radius 1 is 0.500 bits per heavy atom. The van der Waals surface area contributed by atoms with Gasteiger partial charge in [-0.2, -0.15) is 0 Å². The van der Waals surface area contributed by atoms with Crippen LogP contribution in [0.4, 0.5) is 0 Å². The van der Waals surface area contributed by atoms with Gasteiger partial charge in [0, 0.05) is 58.2 Å². The molecule has 244 valence electrons. The molecule has 3 aromatic heterocycles. The van der Waals surface area contributed by atoms with Gasteiger partial charge < -0.3 is 5.32 Å². The second-order valence-corrected chi connectivity index (χ2v) is 14.4. The normalized spacial score (nSPS) is 14.7. The van der Waals surface area contributed by atoms with Crippen molar-refractivity contribution in [2.24, 2.45) is 4.99 Å². The Balaban J connectivity index is 1.18. The molecule has 4 nitrogen and oxygen atoms in total. The molecule has 0 saturated carbocycles. The van der Waals surface area contributed by atoms with Gasteiger partial charge in [0.05, 0.1) is 22.2 Å². The van der Waals surface area contributed by atoms with Crippen LogP contribution in [0.3, 0.4) is 0 Å². The molecular weight excluding hydrogens is 653 g/mol. The maximum absolute atomic E-state index is 5.44. The van der Waals surface area contributed by atoms with Crippen molar-refractivity contribution >= 4 is 86.6 Å². The zero-order valence-corrected chi connectivity index (χ0v) is 28.8. The molecule has 0 amide bonds. The standard InChI is InChI=1S/C47H30N4S/c1-3-14-29(15-4-1)44-37-27-26-34-33-21-13-22-36(45(33)52-46(34)43(37)35-20-7-10-23-38(35)48-44)39-28-42(50-47(49-39)30-16-5-2-6-17-30)51-40-24-11-8-18-31(40)32-19-9-12-25-41(32)51/h1-28,39H,(H,49,50). The maximum Gasteiger partial charge on any atom is 0.134 e. The summed E-state index contributed by atoms with van der Waals surface area (Å²) in [6.45, 7) is 0. The van der Waals surface area contributed by atoms with Crippen molar-refractivity contribution in [2.75, 3.05) is 0 Å². The van der Waals surface area contributed by atoms with Crippen LogP contribution < -0.4 is 5.32 Å². The number of pyridine rings is 1. The highest BCUT2D eigenvalue weighted by molar-refractivity contribution is 7.27. The fraction of sp³-hybridized carbons (Fsp3) is 0.0213. The SMILES string of the molecule is C1=C(n2c3ccccc3c3ccccc32)NC(c2ccccc2)=NC1c1cccc2c1sc1c2ccc2c(-c3ccccc3)nc3ccccc3c21. The first-order valence-corrected chi connectivity index (χ1v) is 18.4. The molecule has 0 spiro atoms. The van der Waals surface area contributed by atoms with Gasteiger partial charge in [-0.15, -0.1) is 11.3 Å². The minimum atomic E-state index is -0.215. The summed E-state index contributed by atoms with van der Waals surface area (Å²) in [6.07, 6.45) is 2.30. The van der Waals surface area contributed by atoms with Crippen LogP contribution in [-0.2, 0) is 0 Å². The molecule has 0 aliphatic carbocycles. The van der Waals surface area contributed by atoms with E-state index in [1.165, 1.54) is 52.7 Å². The largest absolute Gasteiger partial charge is 0.326 e. The van der Waals surface area contributed by atoms with Crippen LogP contribution in [0, 0.1) is 0 Å². The number of aliphatic imine (C=N–C) groups is 1. The molecular formula is C47H30N4S. The Hall–Kier alpha value is -6.56. The molecule has 1 unspecified atom stereocenters. The van der Waals surface area contributed by atoms with Gasteiger partial charge in [-0.1, -0.05) is 146 Å². The zero-order valence-electron chi connectivity index (χ0n) is 28.0. The van der Waals surface area contributed by atoms with Gasteiger partial charge in [-0.25, -0.2) is 4.98 Å². The highest BCUT2D eigenvalue weighted by atomic mass is 32.1. The van der Waals surface area contributed by atoms with Crippen LogP contribution in [0.1, 0.15) is 17.2 Å². The summed E-state index contributed by atoms with van der Waals surface area (Å²) >= 11 is 1.88. The number of hydrogen-bond acceptors (Lipinski definition) is 4. The van der Waals surface area contributed by atoms with E-state index in [4.69, 9.17) is 9.98 Å². The predicted octanol–water partition coefficient (Wildman–Crippen LogP) is 12.1. The molecule has 10 aromatic rings. The Kier molecular flexibility index (Phi) is 6.45. The van der Waals surface area contributed by atoms with Crippen LogP contribution >= 0.6 is 11.3 Å². The number of nitrogens with zero attached hydrogens (tertiary/aromatic N) is 3. The zero-order chi connectivity index (χ0) is 34.2. The van der Waals surface area contributed by atoms with Crippen molar-refractivity contribution in [2.45, 2.75) is 6.04 Å². The molecule has 0 radical (unpaired) electrons. The van der Waals surface area contributed by atoms with Crippen molar-refractivity contribution in [3.8, 4) is 11.3 Å². The average Bonchev–Trinajstić information content (AvgIpc) is 3.77. The number of thiophene rings is 1. The quantitative estimate of drug-likeness (QED) is 0.188. The maximum atomic E-state index is 5.44. The Labute approximate surface area is 303 Å². The number of para-hydroxylation sites is 3. The first kappa shape index (κ1) is 29.2. The molecule has 52 heavy (non-hydrogen) atoms. The summed E-state index contributed by atoms with van der Waals surface area (Å²) in [6, 6.07) is 58.0.